The van der Waals surface area contributed by atoms with Crippen molar-refractivity contribution in [2.45, 2.75) is 33.3 Å². The third-order valence-electron chi connectivity index (χ3n) is 2.28. The van der Waals surface area contributed by atoms with Crippen molar-refractivity contribution in [2.24, 2.45) is 4.99 Å². The van der Waals surface area contributed by atoms with Crippen molar-refractivity contribution in [3.8, 4) is 0 Å². The molecule has 0 heterocycles. The summed E-state index contributed by atoms with van der Waals surface area (Å²) in [5.41, 5.74) is 0. The van der Waals surface area contributed by atoms with Crippen LogP contribution in [0, 0.1) is 0 Å². The highest BCUT2D eigenvalue weighted by atomic mass is 16.5. The first-order chi connectivity index (χ1) is 8.97. The Morgan fingerprint density at radius 1 is 1.32 bits per heavy atom. The van der Waals surface area contributed by atoms with Crippen LogP contribution in [0.4, 0.5) is 0 Å². The van der Waals surface area contributed by atoms with Gasteiger partial charge < -0.3 is 20.3 Å². The Hall–Kier alpha value is -1.30. The molecule has 0 aromatic heterocycles. The molecule has 6 nitrogen and oxygen atoms in total. The highest BCUT2D eigenvalue weighted by Crippen LogP contribution is 1.89. The van der Waals surface area contributed by atoms with Crippen LogP contribution in [0.2, 0.25) is 0 Å². The SMILES string of the molecule is CCNC(=NCC(=O)N(C)C)NCCCOC(C)C. The van der Waals surface area contributed by atoms with Gasteiger partial charge >= 0.3 is 0 Å². The van der Waals surface area contributed by atoms with Crippen molar-refractivity contribution >= 4 is 11.9 Å². The van der Waals surface area contributed by atoms with Crippen LogP contribution in [0.15, 0.2) is 4.99 Å². The zero-order valence-corrected chi connectivity index (χ0v) is 12.8. The summed E-state index contributed by atoms with van der Waals surface area (Å²) in [6.07, 6.45) is 1.17. The Labute approximate surface area is 116 Å². The maximum absolute atomic E-state index is 11.4. The number of nitrogens with zero attached hydrogens (tertiary/aromatic N) is 2. The minimum Gasteiger partial charge on any atom is -0.379 e. The molecule has 0 saturated heterocycles. The maximum Gasteiger partial charge on any atom is 0.243 e. The standard InChI is InChI=1S/C13H28N4O2/c1-6-14-13(16-10-12(18)17(4)5)15-8-7-9-19-11(2)3/h11H,6-10H2,1-5H3,(H2,14,15,16). The molecule has 0 aromatic carbocycles. The molecule has 0 bridgehead atoms. The van der Waals surface area contributed by atoms with Gasteiger partial charge in [-0.3, -0.25) is 4.79 Å². The molecule has 0 rings (SSSR count). The summed E-state index contributed by atoms with van der Waals surface area (Å²) in [4.78, 5) is 17.2. The van der Waals surface area contributed by atoms with Crippen LogP contribution in [0.25, 0.3) is 0 Å². The number of carbonyl (C=O) groups excluding carboxylic acids is 1. The molecule has 2 N–H and O–H groups in total. The van der Waals surface area contributed by atoms with Gasteiger partial charge in [-0.2, -0.15) is 0 Å². The van der Waals surface area contributed by atoms with Crippen LogP contribution >= 0.6 is 0 Å². The summed E-state index contributed by atoms with van der Waals surface area (Å²) in [7, 11) is 3.45. The van der Waals surface area contributed by atoms with E-state index in [2.05, 4.69) is 15.6 Å². The monoisotopic (exact) mass is 272 g/mol. The van der Waals surface area contributed by atoms with Crippen molar-refractivity contribution in [1.29, 1.82) is 0 Å². The van der Waals surface area contributed by atoms with Gasteiger partial charge in [0.15, 0.2) is 5.96 Å². The number of likely N-dealkylation sites (N-methyl/N-ethyl adjacent to an activating group) is 1. The van der Waals surface area contributed by atoms with Gasteiger partial charge in [-0.15, -0.1) is 0 Å². The fourth-order valence-corrected chi connectivity index (χ4v) is 1.23. The molecule has 0 saturated carbocycles. The second-order valence-electron chi connectivity index (χ2n) is 4.68. The molecule has 0 aliphatic carbocycles. The predicted molar refractivity (Wildman–Crippen MR) is 78.4 cm³/mol. The minimum absolute atomic E-state index is 0.0136. The van der Waals surface area contributed by atoms with E-state index in [-0.39, 0.29) is 18.6 Å². The smallest absolute Gasteiger partial charge is 0.243 e. The Morgan fingerprint density at radius 2 is 2.00 bits per heavy atom. The van der Waals surface area contributed by atoms with E-state index < -0.39 is 0 Å². The number of hydrogen-bond donors (Lipinski definition) is 2. The lowest BCUT2D eigenvalue weighted by molar-refractivity contribution is -0.127. The third kappa shape index (κ3) is 10.3. The zero-order valence-electron chi connectivity index (χ0n) is 12.8. The molecule has 19 heavy (non-hydrogen) atoms. The molecule has 0 fully saturated rings. The van der Waals surface area contributed by atoms with E-state index in [1.807, 2.05) is 20.8 Å². The lowest BCUT2D eigenvalue weighted by Gasteiger charge is -2.13. The largest absolute Gasteiger partial charge is 0.379 e. The van der Waals surface area contributed by atoms with E-state index >= 15 is 0 Å². The molecule has 0 aromatic rings. The highest BCUT2D eigenvalue weighted by Gasteiger charge is 2.03. The van der Waals surface area contributed by atoms with E-state index in [4.69, 9.17) is 4.74 Å². The Bertz CT molecular complexity index is 278. The summed E-state index contributed by atoms with van der Waals surface area (Å²) in [5, 5.41) is 6.28. The van der Waals surface area contributed by atoms with Crippen molar-refractivity contribution in [3.05, 3.63) is 0 Å². The Balaban J connectivity index is 3.97. The lowest BCUT2D eigenvalue weighted by Crippen LogP contribution is -2.39. The van der Waals surface area contributed by atoms with E-state index in [1.165, 1.54) is 4.90 Å². The average Bonchev–Trinajstić information content (AvgIpc) is 2.34. The average molecular weight is 272 g/mol. The van der Waals surface area contributed by atoms with Gasteiger partial charge in [0.1, 0.15) is 6.54 Å². The van der Waals surface area contributed by atoms with Crippen LogP contribution in [-0.2, 0) is 9.53 Å². The summed E-state index contributed by atoms with van der Waals surface area (Å²) in [6.45, 7) is 8.45. The summed E-state index contributed by atoms with van der Waals surface area (Å²) in [5.74, 6) is 0.655. The second kappa shape index (κ2) is 10.6. The molecule has 0 radical (unpaired) electrons. The molecular weight excluding hydrogens is 244 g/mol. The molecule has 0 unspecified atom stereocenters. The lowest BCUT2D eigenvalue weighted by atomic mass is 10.4. The van der Waals surface area contributed by atoms with Crippen LogP contribution < -0.4 is 10.6 Å². The Morgan fingerprint density at radius 3 is 2.53 bits per heavy atom. The van der Waals surface area contributed by atoms with Crippen molar-refractivity contribution in [3.63, 3.8) is 0 Å². The van der Waals surface area contributed by atoms with Crippen molar-refractivity contribution in [2.75, 3.05) is 40.3 Å². The molecule has 1 amide bonds. The van der Waals surface area contributed by atoms with E-state index in [1.54, 1.807) is 14.1 Å². The summed E-state index contributed by atoms with van der Waals surface area (Å²) in [6, 6.07) is 0. The van der Waals surface area contributed by atoms with E-state index in [0.717, 1.165) is 26.1 Å². The first-order valence-corrected chi connectivity index (χ1v) is 6.81. The normalized spacial score (nSPS) is 11.6. The number of aliphatic imine (C=N–C) groups is 1. The van der Waals surface area contributed by atoms with Gasteiger partial charge in [0.05, 0.1) is 6.10 Å². The van der Waals surface area contributed by atoms with Crippen molar-refractivity contribution < 1.29 is 9.53 Å². The quantitative estimate of drug-likeness (QED) is 0.382. The molecule has 0 spiro atoms. The first kappa shape index (κ1) is 17.7. The van der Waals surface area contributed by atoms with Crippen molar-refractivity contribution in [1.82, 2.24) is 15.5 Å². The minimum atomic E-state index is -0.0136. The summed E-state index contributed by atoms with van der Waals surface area (Å²) >= 11 is 0. The van der Waals surface area contributed by atoms with Crippen LogP contribution in [0.3, 0.4) is 0 Å². The molecule has 112 valence electrons. The molecule has 6 heteroatoms. The third-order valence-corrected chi connectivity index (χ3v) is 2.28. The van der Waals surface area contributed by atoms with Gasteiger partial charge in [-0.05, 0) is 27.2 Å². The van der Waals surface area contributed by atoms with Gasteiger partial charge in [0.2, 0.25) is 5.91 Å². The van der Waals surface area contributed by atoms with Crippen LogP contribution in [-0.4, -0.2) is 63.2 Å². The maximum atomic E-state index is 11.4. The van der Waals surface area contributed by atoms with Gasteiger partial charge in [-0.1, -0.05) is 0 Å². The zero-order chi connectivity index (χ0) is 14.7. The molecule has 0 aliphatic heterocycles. The number of hydrogen-bond acceptors (Lipinski definition) is 3. The predicted octanol–water partition coefficient (Wildman–Crippen LogP) is 0.445. The van der Waals surface area contributed by atoms with Crippen LogP contribution in [0.1, 0.15) is 27.2 Å². The number of guanidine groups is 1. The Kier molecular flexibility index (Phi) is 9.88. The van der Waals surface area contributed by atoms with Gasteiger partial charge in [0, 0.05) is 33.8 Å². The number of carbonyl (C=O) groups is 1. The van der Waals surface area contributed by atoms with E-state index in [9.17, 15) is 4.79 Å². The van der Waals surface area contributed by atoms with Gasteiger partial charge in [-0.25, -0.2) is 4.99 Å². The van der Waals surface area contributed by atoms with Crippen LogP contribution in [0.5, 0.6) is 0 Å². The van der Waals surface area contributed by atoms with Gasteiger partial charge in [0.25, 0.3) is 0 Å². The number of ether oxygens (including phenoxy) is 1. The molecular formula is C13H28N4O2. The first-order valence-electron chi connectivity index (χ1n) is 6.81. The number of nitrogens with one attached hydrogen (secondary N) is 2. The molecule has 0 aliphatic rings. The number of rotatable bonds is 8. The fourth-order valence-electron chi connectivity index (χ4n) is 1.23. The summed E-state index contributed by atoms with van der Waals surface area (Å²) < 4.78 is 5.45. The fraction of sp³-hybridized carbons (Fsp3) is 0.846. The highest BCUT2D eigenvalue weighted by molar-refractivity contribution is 5.84. The number of amides is 1. The molecule has 0 atom stereocenters. The second-order valence-corrected chi connectivity index (χ2v) is 4.68. The topological polar surface area (TPSA) is 66.0 Å². The van der Waals surface area contributed by atoms with E-state index in [0.29, 0.717) is 5.96 Å².